The summed E-state index contributed by atoms with van der Waals surface area (Å²) in [6, 6.07) is 12.9. The largest absolute Gasteiger partial charge is 0.479 e. The Morgan fingerprint density at radius 1 is 1.03 bits per heavy atom. The predicted molar refractivity (Wildman–Crippen MR) is 133 cm³/mol. The number of aromatic nitrogens is 3. The predicted octanol–water partition coefficient (Wildman–Crippen LogP) is 6.37. The third-order valence-electron chi connectivity index (χ3n) is 5.31. The monoisotopic (exact) mass is 482 g/mol. The summed E-state index contributed by atoms with van der Waals surface area (Å²) >= 11 is 12.1. The van der Waals surface area contributed by atoms with Crippen molar-refractivity contribution in [2.75, 3.05) is 5.32 Å². The highest BCUT2D eigenvalue weighted by atomic mass is 35.5. The molecule has 1 atom stereocenters. The molecular weight excluding hydrogens is 459 g/mol. The van der Waals surface area contributed by atoms with E-state index in [-0.39, 0.29) is 5.91 Å². The maximum atomic E-state index is 12.9. The van der Waals surface area contributed by atoms with Gasteiger partial charge in [0.15, 0.2) is 11.9 Å². The lowest BCUT2D eigenvalue weighted by atomic mass is 10.0. The topological polar surface area (TPSA) is 69.0 Å². The Kier molecular flexibility index (Phi) is 6.32. The van der Waals surface area contributed by atoms with Gasteiger partial charge in [-0.25, -0.2) is 4.98 Å². The Labute approximate surface area is 202 Å². The highest BCUT2D eigenvalue weighted by Crippen LogP contribution is 2.29. The molecule has 2 heterocycles. The van der Waals surface area contributed by atoms with Crippen LogP contribution in [0.4, 0.5) is 5.82 Å². The lowest BCUT2D eigenvalue weighted by Gasteiger charge is -2.16. The summed E-state index contributed by atoms with van der Waals surface area (Å²) < 4.78 is 7.38. The SMILES string of the molecule is Cc1cc(C)c2nc(-n3nc(C)cc3NC(=O)C(C)Oc3ccc(Cl)cc3Cl)cc(C)c2c1. The van der Waals surface area contributed by atoms with E-state index in [9.17, 15) is 4.79 Å². The lowest BCUT2D eigenvalue weighted by molar-refractivity contribution is -0.122. The van der Waals surface area contributed by atoms with Crippen LogP contribution in [0.15, 0.2) is 42.5 Å². The van der Waals surface area contributed by atoms with Gasteiger partial charge < -0.3 is 10.1 Å². The standard InChI is InChI=1S/C25H24Cl2N4O2/c1-13-8-15(3)24-19(9-13)14(2)10-22(28-24)31-23(11-16(4)30-31)29-25(32)17(5)33-21-7-6-18(26)12-20(21)27/h6-12,17H,1-5H3,(H,29,32). The van der Waals surface area contributed by atoms with Crippen molar-refractivity contribution < 1.29 is 9.53 Å². The number of fused-ring (bicyclic) bond motifs is 1. The third kappa shape index (κ3) is 4.82. The van der Waals surface area contributed by atoms with Crippen molar-refractivity contribution in [1.82, 2.24) is 14.8 Å². The molecule has 170 valence electrons. The molecule has 33 heavy (non-hydrogen) atoms. The number of carbonyl (C=O) groups excluding carboxylic acids is 1. The molecular formula is C25H24Cl2N4O2. The number of carbonyl (C=O) groups is 1. The molecule has 0 radical (unpaired) electrons. The van der Waals surface area contributed by atoms with Crippen molar-refractivity contribution in [3.05, 3.63) is 74.9 Å². The number of anilines is 1. The molecule has 0 aliphatic rings. The maximum absolute atomic E-state index is 12.9. The number of aryl methyl sites for hydroxylation is 4. The molecule has 1 N–H and O–H groups in total. The number of rotatable bonds is 5. The van der Waals surface area contributed by atoms with Crippen LogP contribution >= 0.6 is 23.2 Å². The van der Waals surface area contributed by atoms with Crippen molar-refractivity contribution in [1.29, 1.82) is 0 Å². The van der Waals surface area contributed by atoms with Crippen LogP contribution in [0.1, 0.15) is 29.3 Å². The number of halogens is 2. The normalized spacial score (nSPS) is 12.1. The highest BCUT2D eigenvalue weighted by Gasteiger charge is 2.20. The molecule has 4 aromatic rings. The molecule has 4 rings (SSSR count). The second-order valence-electron chi connectivity index (χ2n) is 8.18. The van der Waals surface area contributed by atoms with Gasteiger partial charge in [-0.05, 0) is 76.1 Å². The number of pyridine rings is 1. The zero-order valence-corrected chi connectivity index (χ0v) is 20.5. The van der Waals surface area contributed by atoms with Crippen molar-refractivity contribution >= 4 is 45.8 Å². The Balaban J connectivity index is 1.63. The Bertz CT molecular complexity index is 1380. The summed E-state index contributed by atoms with van der Waals surface area (Å²) in [6.45, 7) is 9.68. The molecule has 0 saturated carbocycles. The fraction of sp³-hybridized carbons (Fsp3) is 0.240. The first-order chi connectivity index (χ1) is 15.6. The summed E-state index contributed by atoms with van der Waals surface area (Å²) in [4.78, 5) is 17.7. The van der Waals surface area contributed by atoms with Crippen LogP contribution in [0, 0.1) is 27.7 Å². The minimum absolute atomic E-state index is 0.337. The number of ether oxygens (including phenoxy) is 1. The van der Waals surface area contributed by atoms with Gasteiger partial charge in [-0.1, -0.05) is 34.8 Å². The zero-order chi connectivity index (χ0) is 23.9. The summed E-state index contributed by atoms with van der Waals surface area (Å²) in [5.74, 6) is 1.17. The van der Waals surface area contributed by atoms with E-state index in [0.29, 0.717) is 27.4 Å². The van der Waals surface area contributed by atoms with Gasteiger partial charge in [0, 0.05) is 16.5 Å². The minimum Gasteiger partial charge on any atom is -0.479 e. The summed E-state index contributed by atoms with van der Waals surface area (Å²) in [5, 5.41) is 9.39. The van der Waals surface area contributed by atoms with Crippen molar-refractivity contribution in [3.8, 4) is 11.6 Å². The second kappa shape index (κ2) is 9.04. The van der Waals surface area contributed by atoms with Crippen molar-refractivity contribution in [2.24, 2.45) is 0 Å². The second-order valence-corrected chi connectivity index (χ2v) is 9.03. The quantitative estimate of drug-likeness (QED) is 0.358. The first kappa shape index (κ1) is 23.1. The Morgan fingerprint density at radius 2 is 1.79 bits per heavy atom. The van der Waals surface area contributed by atoms with E-state index < -0.39 is 6.10 Å². The van der Waals surface area contributed by atoms with Crippen LogP contribution in [0.2, 0.25) is 10.0 Å². The first-order valence-corrected chi connectivity index (χ1v) is 11.3. The smallest absolute Gasteiger partial charge is 0.266 e. The van der Waals surface area contributed by atoms with Crippen LogP contribution in [-0.4, -0.2) is 26.8 Å². The van der Waals surface area contributed by atoms with Gasteiger partial charge in [0.2, 0.25) is 0 Å². The van der Waals surface area contributed by atoms with Gasteiger partial charge in [0.05, 0.1) is 16.2 Å². The van der Waals surface area contributed by atoms with Gasteiger partial charge in [-0.3, -0.25) is 4.79 Å². The van der Waals surface area contributed by atoms with Crippen LogP contribution in [0.5, 0.6) is 5.75 Å². The summed E-state index contributed by atoms with van der Waals surface area (Å²) in [5.41, 5.74) is 5.03. The molecule has 6 nitrogen and oxygen atoms in total. The fourth-order valence-corrected chi connectivity index (χ4v) is 4.19. The molecule has 0 saturated heterocycles. The van der Waals surface area contributed by atoms with Crippen molar-refractivity contribution in [3.63, 3.8) is 0 Å². The molecule has 1 unspecified atom stereocenters. The van der Waals surface area contributed by atoms with Gasteiger partial charge in [-0.15, -0.1) is 0 Å². The maximum Gasteiger partial charge on any atom is 0.266 e. The van der Waals surface area contributed by atoms with E-state index in [1.54, 1.807) is 35.9 Å². The number of hydrogen-bond acceptors (Lipinski definition) is 4. The molecule has 1 amide bonds. The number of benzene rings is 2. The van der Waals surface area contributed by atoms with Gasteiger partial charge in [0.1, 0.15) is 11.6 Å². The van der Waals surface area contributed by atoms with Crippen LogP contribution < -0.4 is 10.1 Å². The van der Waals surface area contributed by atoms with Crippen LogP contribution in [-0.2, 0) is 4.79 Å². The van der Waals surface area contributed by atoms with Gasteiger partial charge >= 0.3 is 0 Å². The van der Waals surface area contributed by atoms with E-state index in [4.69, 9.17) is 32.9 Å². The van der Waals surface area contributed by atoms with Crippen molar-refractivity contribution in [2.45, 2.75) is 40.7 Å². The molecule has 0 bridgehead atoms. The summed E-state index contributed by atoms with van der Waals surface area (Å²) in [7, 11) is 0. The number of hydrogen-bond donors (Lipinski definition) is 1. The van der Waals surface area contributed by atoms with E-state index >= 15 is 0 Å². The molecule has 0 aliphatic heterocycles. The number of nitrogens with zero attached hydrogens (tertiary/aromatic N) is 3. The highest BCUT2D eigenvalue weighted by molar-refractivity contribution is 6.35. The average molecular weight is 483 g/mol. The van der Waals surface area contributed by atoms with Gasteiger partial charge in [0.25, 0.3) is 5.91 Å². The Morgan fingerprint density at radius 3 is 2.52 bits per heavy atom. The zero-order valence-electron chi connectivity index (χ0n) is 19.0. The fourth-order valence-electron chi connectivity index (χ4n) is 3.74. The summed E-state index contributed by atoms with van der Waals surface area (Å²) in [6.07, 6.45) is -0.802. The van der Waals surface area contributed by atoms with E-state index in [1.165, 1.54) is 5.56 Å². The van der Waals surface area contributed by atoms with E-state index in [0.717, 1.165) is 27.7 Å². The molecule has 0 aliphatic carbocycles. The number of nitrogens with one attached hydrogen (secondary N) is 1. The molecule has 2 aromatic carbocycles. The Hall–Kier alpha value is -3.09. The number of amides is 1. The molecule has 2 aromatic heterocycles. The average Bonchev–Trinajstić information content (AvgIpc) is 3.10. The van der Waals surface area contributed by atoms with Crippen LogP contribution in [0.3, 0.4) is 0 Å². The third-order valence-corrected chi connectivity index (χ3v) is 5.84. The molecule has 0 fully saturated rings. The lowest BCUT2D eigenvalue weighted by Crippen LogP contribution is -2.31. The molecule has 0 spiro atoms. The van der Waals surface area contributed by atoms with Gasteiger partial charge in [-0.2, -0.15) is 9.78 Å². The van der Waals surface area contributed by atoms with E-state index in [2.05, 4.69) is 29.5 Å². The van der Waals surface area contributed by atoms with Crippen LogP contribution in [0.25, 0.3) is 16.7 Å². The van der Waals surface area contributed by atoms with E-state index in [1.807, 2.05) is 26.8 Å². The minimum atomic E-state index is -0.802. The first-order valence-electron chi connectivity index (χ1n) is 10.5. The molecule has 8 heteroatoms.